The van der Waals surface area contributed by atoms with Crippen molar-refractivity contribution in [1.82, 2.24) is 0 Å². The Morgan fingerprint density at radius 1 is 1.56 bits per heavy atom. The maximum absolute atomic E-state index is 11.5. The number of hydrogen-bond acceptors (Lipinski definition) is 4. The maximum atomic E-state index is 11.5. The fraction of sp³-hybridized carbons (Fsp3) is 0.300. The summed E-state index contributed by atoms with van der Waals surface area (Å²) in [6.45, 7) is 1.77. The highest BCUT2D eigenvalue weighted by Crippen LogP contribution is 2.23. The molecule has 6 nitrogen and oxygen atoms in total. The zero-order chi connectivity index (χ0) is 12.1. The van der Waals surface area contributed by atoms with Crippen molar-refractivity contribution in [3.8, 4) is 0 Å². The van der Waals surface area contributed by atoms with Crippen LogP contribution in [0.15, 0.2) is 24.3 Å². The van der Waals surface area contributed by atoms with Gasteiger partial charge in [-0.25, -0.2) is 0 Å². The summed E-state index contributed by atoms with van der Waals surface area (Å²) in [7, 11) is 0. The van der Waals surface area contributed by atoms with Crippen LogP contribution >= 0.6 is 0 Å². The molecule has 0 saturated heterocycles. The summed E-state index contributed by atoms with van der Waals surface area (Å²) in [5, 5.41) is 13.1. The lowest BCUT2D eigenvalue weighted by atomic mass is 10.2. The fourth-order valence-corrected chi connectivity index (χ4v) is 1.15. The van der Waals surface area contributed by atoms with E-state index in [0.29, 0.717) is 6.42 Å². The summed E-state index contributed by atoms with van der Waals surface area (Å²) >= 11 is 0. The van der Waals surface area contributed by atoms with Crippen LogP contribution in [0.25, 0.3) is 0 Å². The number of nitrogens with zero attached hydrogens (tertiary/aromatic N) is 1. The molecule has 0 saturated carbocycles. The SMILES string of the molecule is CC[C@@H](N)C(=O)Nc1ccccc1[N+](=O)[O-]. The molecule has 1 rings (SSSR count). The second-order valence-corrected chi connectivity index (χ2v) is 3.28. The van der Waals surface area contributed by atoms with Gasteiger partial charge in [0.15, 0.2) is 0 Å². The number of nitrogens with one attached hydrogen (secondary N) is 1. The molecule has 1 aromatic rings. The predicted octanol–water partition coefficient (Wildman–Crippen LogP) is 1.27. The van der Waals surface area contributed by atoms with Gasteiger partial charge in [0.2, 0.25) is 5.91 Å². The zero-order valence-corrected chi connectivity index (χ0v) is 8.84. The van der Waals surface area contributed by atoms with E-state index >= 15 is 0 Å². The summed E-state index contributed by atoms with van der Waals surface area (Å²) < 4.78 is 0. The second-order valence-electron chi connectivity index (χ2n) is 3.28. The van der Waals surface area contributed by atoms with Crippen LogP contribution in [-0.4, -0.2) is 16.9 Å². The minimum Gasteiger partial charge on any atom is -0.320 e. The average molecular weight is 223 g/mol. The van der Waals surface area contributed by atoms with E-state index in [0.717, 1.165) is 0 Å². The zero-order valence-electron chi connectivity index (χ0n) is 8.84. The third-order valence-electron chi connectivity index (χ3n) is 2.14. The molecule has 1 amide bonds. The smallest absolute Gasteiger partial charge is 0.292 e. The van der Waals surface area contributed by atoms with E-state index < -0.39 is 16.9 Å². The molecule has 16 heavy (non-hydrogen) atoms. The van der Waals surface area contributed by atoms with Gasteiger partial charge in [-0.3, -0.25) is 14.9 Å². The Labute approximate surface area is 92.6 Å². The van der Waals surface area contributed by atoms with E-state index in [1.165, 1.54) is 18.2 Å². The molecule has 0 radical (unpaired) electrons. The molecular formula is C10H13N3O3. The number of rotatable bonds is 4. The maximum Gasteiger partial charge on any atom is 0.292 e. The first-order valence-electron chi connectivity index (χ1n) is 4.86. The van der Waals surface area contributed by atoms with Gasteiger partial charge in [-0.05, 0) is 12.5 Å². The summed E-state index contributed by atoms with van der Waals surface area (Å²) in [5.41, 5.74) is 5.54. The number of anilines is 1. The minimum absolute atomic E-state index is 0.140. The summed E-state index contributed by atoms with van der Waals surface area (Å²) in [4.78, 5) is 21.6. The lowest BCUT2D eigenvalue weighted by Gasteiger charge is -2.09. The van der Waals surface area contributed by atoms with Gasteiger partial charge < -0.3 is 11.1 Å². The highest BCUT2D eigenvalue weighted by Gasteiger charge is 2.17. The van der Waals surface area contributed by atoms with Crippen LogP contribution in [0.2, 0.25) is 0 Å². The van der Waals surface area contributed by atoms with Gasteiger partial charge in [0.05, 0.1) is 11.0 Å². The van der Waals surface area contributed by atoms with Crippen LogP contribution in [0.1, 0.15) is 13.3 Å². The normalized spacial score (nSPS) is 11.9. The second kappa shape index (κ2) is 5.22. The van der Waals surface area contributed by atoms with Gasteiger partial charge in [-0.15, -0.1) is 0 Å². The molecule has 0 aliphatic rings. The Morgan fingerprint density at radius 3 is 2.75 bits per heavy atom. The summed E-state index contributed by atoms with van der Waals surface area (Å²) in [5.74, 6) is -0.420. The van der Waals surface area contributed by atoms with Gasteiger partial charge in [0, 0.05) is 6.07 Å². The van der Waals surface area contributed by atoms with Gasteiger partial charge in [0.1, 0.15) is 5.69 Å². The van der Waals surface area contributed by atoms with Crippen LogP contribution in [0, 0.1) is 10.1 Å². The van der Waals surface area contributed by atoms with Crippen molar-refractivity contribution in [3.63, 3.8) is 0 Å². The molecule has 0 heterocycles. The number of carbonyl (C=O) groups excluding carboxylic acids is 1. The molecule has 0 spiro atoms. The molecule has 1 aromatic carbocycles. The van der Waals surface area contributed by atoms with Crippen molar-refractivity contribution in [3.05, 3.63) is 34.4 Å². The topological polar surface area (TPSA) is 98.3 Å². The standard InChI is InChI=1S/C10H13N3O3/c1-2-7(11)10(14)12-8-5-3-4-6-9(8)13(15)16/h3-7H,2,11H2,1H3,(H,12,14)/t7-/m1/s1. The predicted molar refractivity (Wildman–Crippen MR) is 60.0 cm³/mol. The van der Waals surface area contributed by atoms with Crippen molar-refractivity contribution in [2.24, 2.45) is 5.73 Å². The Balaban J connectivity index is 2.89. The van der Waals surface area contributed by atoms with E-state index in [9.17, 15) is 14.9 Å². The average Bonchev–Trinajstić information content (AvgIpc) is 2.28. The lowest BCUT2D eigenvalue weighted by molar-refractivity contribution is -0.383. The number of carbonyl (C=O) groups is 1. The molecule has 3 N–H and O–H groups in total. The van der Waals surface area contributed by atoms with Crippen LogP contribution in [0.5, 0.6) is 0 Å². The molecule has 0 bridgehead atoms. The number of nitrogens with two attached hydrogens (primary N) is 1. The fourth-order valence-electron chi connectivity index (χ4n) is 1.15. The Bertz CT molecular complexity index is 406. The monoisotopic (exact) mass is 223 g/mol. The number of hydrogen-bond donors (Lipinski definition) is 2. The molecule has 0 fully saturated rings. The first-order valence-corrected chi connectivity index (χ1v) is 4.86. The number of nitro groups is 1. The number of benzene rings is 1. The minimum atomic E-state index is -0.653. The van der Waals surface area contributed by atoms with Gasteiger partial charge in [-0.2, -0.15) is 0 Å². The Morgan fingerprint density at radius 2 is 2.19 bits per heavy atom. The number of amides is 1. The molecular weight excluding hydrogens is 210 g/mol. The first-order chi connectivity index (χ1) is 7.56. The first kappa shape index (κ1) is 12.1. The molecule has 6 heteroatoms. The van der Waals surface area contributed by atoms with E-state index in [1.807, 2.05) is 0 Å². The molecule has 86 valence electrons. The van der Waals surface area contributed by atoms with Gasteiger partial charge >= 0.3 is 0 Å². The lowest BCUT2D eigenvalue weighted by Crippen LogP contribution is -2.34. The molecule has 0 unspecified atom stereocenters. The Hall–Kier alpha value is -1.95. The molecule has 0 aliphatic carbocycles. The van der Waals surface area contributed by atoms with Gasteiger partial charge in [0.25, 0.3) is 5.69 Å². The summed E-state index contributed by atoms with van der Waals surface area (Å²) in [6, 6.07) is 5.29. The van der Waals surface area contributed by atoms with E-state index in [2.05, 4.69) is 5.32 Å². The third kappa shape index (κ3) is 2.77. The molecule has 1 atom stereocenters. The third-order valence-corrected chi connectivity index (χ3v) is 2.14. The summed E-state index contributed by atoms with van der Waals surface area (Å²) in [6.07, 6.45) is 0.479. The van der Waals surface area contributed by atoms with Crippen molar-refractivity contribution in [2.45, 2.75) is 19.4 Å². The van der Waals surface area contributed by atoms with E-state index in [-0.39, 0.29) is 11.4 Å². The quantitative estimate of drug-likeness (QED) is 0.593. The van der Waals surface area contributed by atoms with Crippen molar-refractivity contribution >= 4 is 17.3 Å². The molecule has 0 aromatic heterocycles. The number of para-hydroxylation sites is 2. The van der Waals surface area contributed by atoms with Crippen molar-refractivity contribution in [1.29, 1.82) is 0 Å². The van der Waals surface area contributed by atoms with Crippen LogP contribution < -0.4 is 11.1 Å². The highest BCUT2D eigenvalue weighted by molar-refractivity contribution is 5.96. The van der Waals surface area contributed by atoms with Crippen LogP contribution in [-0.2, 0) is 4.79 Å². The van der Waals surface area contributed by atoms with Crippen LogP contribution in [0.3, 0.4) is 0 Å². The Kier molecular flexibility index (Phi) is 3.96. The molecule has 0 aliphatic heterocycles. The van der Waals surface area contributed by atoms with Crippen molar-refractivity contribution < 1.29 is 9.72 Å². The largest absolute Gasteiger partial charge is 0.320 e. The highest BCUT2D eigenvalue weighted by atomic mass is 16.6. The van der Waals surface area contributed by atoms with E-state index in [1.54, 1.807) is 13.0 Å². The van der Waals surface area contributed by atoms with Gasteiger partial charge in [-0.1, -0.05) is 19.1 Å². The van der Waals surface area contributed by atoms with E-state index in [4.69, 9.17) is 5.73 Å². The van der Waals surface area contributed by atoms with Crippen LogP contribution in [0.4, 0.5) is 11.4 Å². The number of nitro benzene ring substituents is 1. The van der Waals surface area contributed by atoms with Crippen molar-refractivity contribution in [2.75, 3.05) is 5.32 Å².